The van der Waals surface area contributed by atoms with Gasteiger partial charge in [0.2, 0.25) is 11.5 Å². The number of aromatic nitrogens is 1. The van der Waals surface area contributed by atoms with Crippen molar-refractivity contribution in [2.75, 3.05) is 47.5 Å². The highest BCUT2D eigenvalue weighted by molar-refractivity contribution is 7.22. The van der Waals surface area contributed by atoms with Crippen molar-refractivity contribution in [3.05, 3.63) is 69.8 Å². The third-order valence-corrected chi connectivity index (χ3v) is 8.10. The summed E-state index contributed by atoms with van der Waals surface area (Å²) in [7, 11) is 7.56. The minimum absolute atomic E-state index is 0.0837. The van der Waals surface area contributed by atoms with Crippen LogP contribution in [0.5, 0.6) is 17.2 Å². The van der Waals surface area contributed by atoms with E-state index in [1.807, 2.05) is 6.08 Å². The van der Waals surface area contributed by atoms with Crippen LogP contribution in [-0.4, -0.2) is 81.7 Å². The lowest BCUT2D eigenvalue weighted by atomic mass is 9.92. The van der Waals surface area contributed by atoms with Crippen molar-refractivity contribution in [2.45, 2.75) is 24.4 Å². The number of methoxy groups -OCH3 is 5. The molecule has 2 atom stereocenters. The van der Waals surface area contributed by atoms with Gasteiger partial charge in [-0.1, -0.05) is 22.6 Å². The normalized spacial score (nSPS) is 18.8. The first-order valence-electron chi connectivity index (χ1n) is 13.2. The Morgan fingerprint density at radius 3 is 2.48 bits per heavy atom. The summed E-state index contributed by atoms with van der Waals surface area (Å²) < 4.78 is 34.3. The number of hydrogen-bond acceptors (Lipinski definition) is 13. The van der Waals surface area contributed by atoms with E-state index in [0.29, 0.717) is 39.6 Å². The van der Waals surface area contributed by atoms with Crippen molar-refractivity contribution in [1.82, 2.24) is 4.98 Å². The zero-order valence-corrected chi connectivity index (χ0v) is 25.3. The topological polar surface area (TPSA) is 162 Å². The highest BCUT2D eigenvalue weighted by Gasteiger charge is 2.41. The van der Waals surface area contributed by atoms with Crippen LogP contribution >= 0.6 is 11.3 Å². The lowest BCUT2D eigenvalue weighted by Gasteiger charge is -2.36. The molecule has 15 heteroatoms. The summed E-state index contributed by atoms with van der Waals surface area (Å²) in [5.41, 5.74) is 2.50. The molecule has 0 spiro atoms. The van der Waals surface area contributed by atoms with E-state index in [1.165, 1.54) is 44.8 Å². The van der Waals surface area contributed by atoms with Crippen molar-refractivity contribution < 1.29 is 43.0 Å². The van der Waals surface area contributed by atoms with Crippen molar-refractivity contribution in [1.29, 1.82) is 0 Å². The number of amides is 1. The van der Waals surface area contributed by atoms with Crippen LogP contribution in [-0.2, 0) is 23.8 Å². The molecule has 2 aromatic carbocycles. The molecule has 0 saturated carbocycles. The number of oxime groups is 1. The highest BCUT2D eigenvalue weighted by atomic mass is 32.1. The standard InChI is InChI=1S/C29H30N4O10S/c1-37-22-10-17(11-23(38-2)27(22)39-3)19-14-21(43-32-19)16-8-9-29(40-4,41-5)25(12-16)42-15-26(34)31-28-30-20-13-18(33(35)36)6-7-24(20)44-28/h6-13,21,25H,14-15H2,1-5H3,(H,30,31,34). The SMILES string of the molecule is COc1cc(C2=NOC(C3=CC(OCC(=O)Nc4nc5cc([N+](=O)[O-])ccc5s4)C(OC)(OC)C=C3)C2)cc(OC)c1OC. The zero-order chi connectivity index (χ0) is 31.4. The highest BCUT2D eigenvalue weighted by Crippen LogP contribution is 2.40. The molecule has 2 unspecified atom stereocenters. The van der Waals surface area contributed by atoms with Gasteiger partial charge < -0.3 is 33.3 Å². The lowest BCUT2D eigenvalue weighted by molar-refractivity contribution is -0.384. The Kier molecular flexibility index (Phi) is 9.10. The van der Waals surface area contributed by atoms with Gasteiger partial charge in [0, 0.05) is 38.3 Å². The van der Waals surface area contributed by atoms with Gasteiger partial charge in [0.15, 0.2) is 22.7 Å². The maximum absolute atomic E-state index is 12.8. The lowest BCUT2D eigenvalue weighted by Crippen LogP contribution is -2.47. The molecule has 1 N–H and O–H groups in total. The second kappa shape index (κ2) is 13.0. The molecule has 1 aliphatic heterocycles. The third-order valence-electron chi connectivity index (χ3n) is 7.15. The van der Waals surface area contributed by atoms with Crippen molar-refractivity contribution in [3.8, 4) is 17.2 Å². The number of benzene rings is 2. The molecule has 2 aliphatic rings. The molecular formula is C29H30N4O10S. The van der Waals surface area contributed by atoms with Crippen LogP contribution in [0.2, 0.25) is 0 Å². The van der Waals surface area contributed by atoms with Crippen molar-refractivity contribution in [2.24, 2.45) is 5.16 Å². The van der Waals surface area contributed by atoms with Gasteiger partial charge in [0.05, 0.1) is 42.2 Å². The van der Waals surface area contributed by atoms with Gasteiger partial charge in [-0.25, -0.2) is 4.98 Å². The molecule has 0 fully saturated rings. The molecule has 0 radical (unpaired) electrons. The molecule has 44 heavy (non-hydrogen) atoms. The van der Waals surface area contributed by atoms with Gasteiger partial charge in [-0.2, -0.15) is 0 Å². The van der Waals surface area contributed by atoms with E-state index in [2.05, 4.69) is 15.5 Å². The van der Waals surface area contributed by atoms with Crippen LogP contribution in [0.4, 0.5) is 10.8 Å². The Labute approximate surface area is 255 Å². The van der Waals surface area contributed by atoms with Crippen LogP contribution in [0.15, 0.2) is 59.3 Å². The van der Waals surface area contributed by atoms with E-state index in [1.54, 1.807) is 44.6 Å². The Bertz CT molecular complexity index is 1640. The maximum atomic E-state index is 12.8. The average molecular weight is 627 g/mol. The number of thiazole rings is 1. The molecule has 1 aromatic heterocycles. The van der Waals surface area contributed by atoms with Gasteiger partial charge in [-0.05, 0) is 35.9 Å². The number of nitrogens with zero attached hydrogens (tertiary/aromatic N) is 3. The number of nitro groups is 1. The molecule has 1 amide bonds. The van der Waals surface area contributed by atoms with E-state index in [9.17, 15) is 14.9 Å². The number of fused-ring (bicyclic) bond motifs is 1. The van der Waals surface area contributed by atoms with E-state index in [-0.39, 0.29) is 17.4 Å². The van der Waals surface area contributed by atoms with Gasteiger partial charge in [0.25, 0.3) is 11.6 Å². The van der Waals surface area contributed by atoms with Crippen LogP contribution in [0.25, 0.3) is 10.2 Å². The summed E-state index contributed by atoms with van der Waals surface area (Å²) in [6.07, 6.45) is 4.45. The molecule has 3 aromatic rings. The van der Waals surface area contributed by atoms with E-state index < -0.39 is 28.8 Å². The second-order valence-electron chi connectivity index (χ2n) is 9.59. The third kappa shape index (κ3) is 6.07. The first-order chi connectivity index (χ1) is 21.2. The van der Waals surface area contributed by atoms with Crippen LogP contribution in [0.1, 0.15) is 12.0 Å². The monoisotopic (exact) mass is 626 g/mol. The molecular weight excluding hydrogens is 596 g/mol. The molecule has 2 heterocycles. The predicted octanol–water partition coefficient (Wildman–Crippen LogP) is 4.23. The number of hydrogen-bond donors (Lipinski definition) is 1. The van der Waals surface area contributed by atoms with Gasteiger partial charge >= 0.3 is 0 Å². The van der Waals surface area contributed by atoms with Gasteiger partial charge in [0.1, 0.15) is 12.7 Å². The maximum Gasteiger partial charge on any atom is 0.271 e. The van der Waals surface area contributed by atoms with Crippen LogP contribution < -0.4 is 19.5 Å². The van der Waals surface area contributed by atoms with E-state index in [4.69, 9.17) is 33.3 Å². The fraction of sp³-hybridized carbons (Fsp3) is 0.345. The van der Waals surface area contributed by atoms with Gasteiger partial charge in [-0.15, -0.1) is 0 Å². The summed E-state index contributed by atoms with van der Waals surface area (Å²) in [4.78, 5) is 33.4. The van der Waals surface area contributed by atoms with Crippen molar-refractivity contribution in [3.63, 3.8) is 0 Å². The largest absolute Gasteiger partial charge is 0.493 e. The number of rotatable bonds is 12. The fourth-order valence-corrected chi connectivity index (χ4v) is 5.72. The minimum atomic E-state index is -1.29. The fourth-order valence-electron chi connectivity index (χ4n) is 4.86. The molecule has 0 saturated heterocycles. The smallest absolute Gasteiger partial charge is 0.271 e. The van der Waals surface area contributed by atoms with Gasteiger partial charge in [-0.3, -0.25) is 20.2 Å². The average Bonchev–Trinajstić information content (AvgIpc) is 3.69. The first kappa shape index (κ1) is 30.9. The number of non-ortho nitro benzene ring substituents is 1. The molecule has 1 aliphatic carbocycles. The zero-order valence-electron chi connectivity index (χ0n) is 24.5. The van der Waals surface area contributed by atoms with Crippen LogP contribution in [0, 0.1) is 10.1 Å². The predicted molar refractivity (Wildman–Crippen MR) is 161 cm³/mol. The Morgan fingerprint density at radius 2 is 1.84 bits per heavy atom. The minimum Gasteiger partial charge on any atom is -0.493 e. The summed E-state index contributed by atoms with van der Waals surface area (Å²) in [5.74, 6) is -0.312. The summed E-state index contributed by atoms with van der Waals surface area (Å²) in [5, 5.41) is 18.3. The Balaban J connectivity index is 1.28. The molecule has 0 bridgehead atoms. The quantitative estimate of drug-likeness (QED) is 0.174. The Hall–Kier alpha value is -4.57. The molecule has 232 valence electrons. The van der Waals surface area contributed by atoms with E-state index >= 15 is 0 Å². The second-order valence-corrected chi connectivity index (χ2v) is 10.6. The number of ether oxygens (including phenoxy) is 6. The summed E-state index contributed by atoms with van der Waals surface area (Å²) in [6.45, 7) is -0.356. The number of anilines is 1. The first-order valence-corrected chi connectivity index (χ1v) is 14.1. The number of nitro benzene ring substituents is 1. The molecule has 5 rings (SSSR count). The number of nitrogens with one attached hydrogen (secondary N) is 1. The summed E-state index contributed by atoms with van der Waals surface area (Å²) in [6, 6.07) is 7.93. The van der Waals surface area contributed by atoms with Crippen molar-refractivity contribution >= 4 is 44.0 Å². The Morgan fingerprint density at radius 1 is 1.11 bits per heavy atom. The van der Waals surface area contributed by atoms with E-state index in [0.717, 1.165) is 11.1 Å². The molecule has 14 nitrogen and oxygen atoms in total. The number of carbonyl (C=O) groups is 1. The van der Waals surface area contributed by atoms with Crippen LogP contribution in [0.3, 0.4) is 0 Å². The summed E-state index contributed by atoms with van der Waals surface area (Å²) >= 11 is 1.19. The number of carbonyl (C=O) groups excluding carboxylic acids is 1.